The largest absolute Gasteiger partial charge is 0.478 e. The Labute approximate surface area is 96.6 Å². The highest BCUT2D eigenvalue weighted by molar-refractivity contribution is 6.30. The lowest BCUT2D eigenvalue weighted by Gasteiger charge is -2.04. The fourth-order valence-corrected chi connectivity index (χ4v) is 1.44. The topological polar surface area (TPSA) is 63.1 Å². The van der Waals surface area contributed by atoms with Crippen LogP contribution in [0.25, 0.3) is 11.3 Å². The van der Waals surface area contributed by atoms with Crippen molar-refractivity contribution in [3.05, 3.63) is 47.4 Å². The zero-order chi connectivity index (χ0) is 11.5. The number of carbonyl (C=O) groups is 1. The molecule has 2 aromatic heterocycles. The molecule has 2 aromatic rings. The van der Waals surface area contributed by atoms with Crippen LogP contribution in [0.1, 0.15) is 10.4 Å². The molecule has 0 radical (unpaired) electrons. The second-order valence-corrected chi connectivity index (χ2v) is 3.52. The highest BCUT2D eigenvalue weighted by Gasteiger charge is 2.11. The van der Waals surface area contributed by atoms with Gasteiger partial charge in [-0.1, -0.05) is 11.6 Å². The SMILES string of the molecule is O=C(O)c1cnccc1-c1ccc(Cl)cn1. The van der Waals surface area contributed by atoms with Crippen molar-refractivity contribution in [1.82, 2.24) is 9.97 Å². The average molecular weight is 235 g/mol. The lowest BCUT2D eigenvalue weighted by atomic mass is 10.1. The minimum absolute atomic E-state index is 0.123. The third-order valence-corrected chi connectivity index (χ3v) is 2.28. The van der Waals surface area contributed by atoms with Crippen LogP contribution >= 0.6 is 11.6 Å². The van der Waals surface area contributed by atoms with Crippen molar-refractivity contribution in [2.45, 2.75) is 0 Å². The van der Waals surface area contributed by atoms with Gasteiger partial charge >= 0.3 is 5.97 Å². The van der Waals surface area contributed by atoms with Gasteiger partial charge in [0, 0.05) is 24.2 Å². The molecular weight excluding hydrogens is 228 g/mol. The van der Waals surface area contributed by atoms with Crippen LogP contribution in [0.2, 0.25) is 5.02 Å². The Bertz CT molecular complexity index is 526. The first kappa shape index (κ1) is 10.6. The summed E-state index contributed by atoms with van der Waals surface area (Å²) in [4.78, 5) is 18.8. The number of aromatic carboxylic acids is 1. The van der Waals surface area contributed by atoms with E-state index in [9.17, 15) is 4.79 Å². The number of pyridine rings is 2. The molecule has 0 aliphatic rings. The molecule has 2 rings (SSSR count). The Hall–Kier alpha value is -1.94. The number of hydrogen-bond acceptors (Lipinski definition) is 3. The van der Waals surface area contributed by atoms with Gasteiger partial charge in [-0.2, -0.15) is 0 Å². The minimum Gasteiger partial charge on any atom is -0.478 e. The van der Waals surface area contributed by atoms with Gasteiger partial charge < -0.3 is 5.11 Å². The Morgan fingerprint density at radius 3 is 2.69 bits per heavy atom. The second kappa shape index (κ2) is 4.28. The summed E-state index contributed by atoms with van der Waals surface area (Å²) >= 11 is 5.71. The molecule has 0 bridgehead atoms. The van der Waals surface area contributed by atoms with Crippen LogP contribution in [0.4, 0.5) is 0 Å². The molecule has 0 aliphatic carbocycles. The van der Waals surface area contributed by atoms with Crippen LogP contribution in [0, 0.1) is 0 Å². The van der Waals surface area contributed by atoms with Crippen molar-refractivity contribution in [3.8, 4) is 11.3 Å². The number of aromatic nitrogens is 2. The highest BCUT2D eigenvalue weighted by Crippen LogP contribution is 2.21. The monoisotopic (exact) mass is 234 g/mol. The summed E-state index contributed by atoms with van der Waals surface area (Å²) in [5, 5.41) is 9.50. The van der Waals surface area contributed by atoms with Crippen LogP contribution in [0.5, 0.6) is 0 Å². The van der Waals surface area contributed by atoms with Crippen LogP contribution in [0.3, 0.4) is 0 Å². The molecule has 0 amide bonds. The van der Waals surface area contributed by atoms with Crippen LogP contribution < -0.4 is 0 Å². The molecule has 0 unspecified atom stereocenters. The normalized spacial score (nSPS) is 10.1. The van der Waals surface area contributed by atoms with E-state index in [0.29, 0.717) is 16.3 Å². The second-order valence-electron chi connectivity index (χ2n) is 3.09. The van der Waals surface area contributed by atoms with E-state index >= 15 is 0 Å². The first-order chi connectivity index (χ1) is 7.68. The fourth-order valence-electron chi connectivity index (χ4n) is 1.32. The van der Waals surface area contributed by atoms with Crippen molar-refractivity contribution in [2.75, 3.05) is 0 Å². The maximum atomic E-state index is 11.0. The molecule has 5 heteroatoms. The Morgan fingerprint density at radius 2 is 2.06 bits per heavy atom. The molecule has 0 atom stereocenters. The molecule has 0 saturated carbocycles. The van der Waals surface area contributed by atoms with Gasteiger partial charge in [0.05, 0.1) is 16.3 Å². The quantitative estimate of drug-likeness (QED) is 0.867. The fraction of sp³-hybridized carbons (Fsp3) is 0. The molecule has 0 aromatic carbocycles. The molecule has 0 aliphatic heterocycles. The van der Waals surface area contributed by atoms with E-state index < -0.39 is 5.97 Å². The highest BCUT2D eigenvalue weighted by atomic mass is 35.5. The molecule has 16 heavy (non-hydrogen) atoms. The molecule has 0 spiro atoms. The van der Waals surface area contributed by atoms with Crippen LogP contribution in [0.15, 0.2) is 36.8 Å². The molecule has 2 heterocycles. The van der Waals surface area contributed by atoms with Gasteiger partial charge in [0.1, 0.15) is 0 Å². The standard InChI is InChI=1S/C11H7ClN2O2/c12-7-1-2-10(14-5-7)8-3-4-13-6-9(8)11(15)16/h1-6H,(H,15,16). The maximum absolute atomic E-state index is 11.0. The van der Waals surface area contributed by atoms with E-state index in [1.807, 2.05) is 0 Å². The number of nitrogens with zero attached hydrogens (tertiary/aromatic N) is 2. The summed E-state index contributed by atoms with van der Waals surface area (Å²) in [7, 11) is 0. The van der Waals surface area contributed by atoms with Gasteiger partial charge in [-0.25, -0.2) is 4.79 Å². The Balaban J connectivity index is 2.55. The van der Waals surface area contributed by atoms with Gasteiger partial charge in [0.2, 0.25) is 0 Å². The number of carboxylic acids is 1. The summed E-state index contributed by atoms with van der Waals surface area (Å²) in [5.41, 5.74) is 1.21. The molecule has 0 saturated heterocycles. The van der Waals surface area contributed by atoms with Crippen molar-refractivity contribution in [2.24, 2.45) is 0 Å². The Kier molecular flexibility index (Phi) is 2.83. The summed E-state index contributed by atoms with van der Waals surface area (Å²) in [5.74, 6) is -1.03. The number of hydrogen-bond donors (Lipinski definition) is 1. The van der Waals surface area contributed by atoms with Crippen molar-refractivity contribution in [3.63, 3.8) is 0 Å². The third kappa shape index (κ3) is 2.01. The molecule has 4 nitrogen and oxygen atoms in total. The van der Waals surface area contributed by atoms with E-state index in [2.05, 4.69) is 9.97 Å². The van der Waals surface area contributed by atoms with E-state index in [1.54, 1.807) is 18.2 Å². The Morgan fingerprint density at radius 1 is 1.25 bits per heavy atom. The maximum Gasteiger partial charge on any atom is 0.337 e. The van der Waals surface area contributed by atoms with Crippen molar-refractivity contribution < 1.29 is 9.90 Å². The predicted molar refractivity (Wildman–Crippen MR) is 59.4 cm³/mol. The molecule has 0 fully saturated rings. The van der Waals surface area contributed by atoms with Crippen molar-refractivity contribution >= 4 is 17.6 Å². The average Bonchev–Trinajstić information content (AvgIpc) is 2.30. The van der Waals surface area contributed by atoms with Crippen LogP contribution in [-0.2, 0) is 0 Å². The summed E-state index contributed by atoms with van der Waals surface area (Å²) in [6.45, 7) is 0. The first-order valence-electron chi connectivity index (χ1n) is 4.47. The number of carboxylic acid groups (broad SMARTS) is 1. The summed E-state index contributed by atoms with van der Waals surface area (Å²) in [6.07, 6.45) is 4.30. The predicted octanol–water partition coefficient (Wildman–Crippen LogP) is 2.50. The summed E-state index contributed by atoms with van der Waals surface area (Å²) < 4.78 is 0. The minimum atomic E-state index is -1.03. The van der Waals surface area contributed by atoms with Crippen molar-refractivity contribution in [1.29, 1.82) is 0 Å². The molecular formula is C11H7ClN2O2. The van der Waals surface area contributed by atoms with Gasteiger partial charge in [0.25, 0.3) is 0 Å². The zero-order valence-corrected chi connectivity index (χ0v) is 8.85. The van der Waals surface area contributed by atoms with Gasteiger partial charge in [-0.05, 0) is 18.2 Å². The third-order valence-electron chi connectivity index (χ3n) is 2.05. The number of halogens is 1. The zero-order valence-electron chi connectivity index (χ0n) is 8.09. The van der Waals surface area contributed by atoms with Crippen LogP contribution in [-0.4, -0.2) is 21.0 Å². The smallest absolute Gasteiger partial charge is 0.337 e. The first-order valence-corrected chi connectivity index (χ1v) is 4.85. The summed E-state index contributed by atoms with van der Waals surface area (Å²) in [6, 6.07) is 4.94. The lowest BCUT2D eigenvalue weighted by molar-refractivity contribution is 0.0697. The molecule has 80 valence electrons. The van der Waals surface area contributed by atoms with Gasteiger partial charge in [-0.15, -0.1) is 0 Å². The van der Waals surface area contributed by atoms with E-state index in [4.69, 9.17) is 16.7 Å². The van der Waals surface area contributed by atoms with E-state index in [0.717, 1.165) is 0 Å². The molecule has 1 N–H and O–H groups in total. The van der Waals surface area contributed by atoms with Gasteiger partial charge in [0.15, 0.2) is 0 Å². The van der Waals surface area contributed by atoms with Gasteiger partial charge in [-0.3, -0.25) is 9.97 Å². The van der Waals surface area contributed by atoms with E-state index in [1.165, 1.54) is 18.6 Å². The van der Waals surface area contributed by atoms with E-state index in [-0.39, 0.29) is 5.56 Å². The number of rotatable bonds is 2. The lowest BCUT2D eigenvalue weighted by Crippen LogP contribution is -2.00.